The molecule has 0 fully saturated rings. The summed E-state index contributed by atoms with van der Waals surface area (Å²) in [6.07, 6.45) is -0.526. The van der Waals surface area contributed by atoms with Gasteiger partial charge in [0.05, 0.1) is 13.2 Å². The highest BCUT2D eigenvalue weighted by molar-refractivity contribution is 5.85. The first kappa shape index (κ1) is 21.8. The molecule has 148 valence electrons. The average Bonchev–Trinajstić information content (AvgIpc) is 2.74. The minimum absolute atomic E-state index is 0. The molecule has 28 heavy (non-hydrogen) atoms. The monoisotopic (exact) mass is 399 g/mol. The fraction of sp³-hybridized carbons (Fsp3) is 0.217. The summed E-state index contributed by atoms with van der Waals surface area (Å²) in [7, 11) is 1.64. The Bertz CT molecular complexity index is 828. The third-order valence-electron chi connectivity index (χ3n) is 4.32. The Labute approximate surface area is 172 Å². The largest absolute Gasteiger partial charge is 0.493 e. The molecule has 1 atom stereocenters. The molecule has 0 aliphatic rings. The highest BCUT2D eigenvalue weighted by Crippen LogP contribution is 2.29. The van der Waals surface area contributed by atoms with Crippen molar-refractivity contribution in [3.05, 3.63) is 95.6 Å². The molecule has 3 aromatic carbocycles. The van der Waals surface area contributed by atoms with Gasteiger partial charge in [0.1, 0.15) is 6.61 Å². The summed E-state index contributed by atoms with van der Waals surface area (Å²) in [5, 5.41) is 13.5. The number of benzene rings is 3. The van der Waals surface area contributed by atoms with E-state index in [0.717, 1.165) is 22.4 Å². The normalized spacial score (nSPS) is 11.4. The summed E-state index contributed by atoms with van der Waals surface area (Å²) in [5.74, 6) is 1.42. The van der Waals surface area contributed by atoms with Gasteiger partial charge in [0, 0.05) is 13.1 Å². The predicted octanol–water partition coefficient (Wildman–Crippen LogP) is 4.52. The summed E-state index contributed by atoms with van der Waals surface area (Å²) in [6.45, 7) is 1.62. The molecule has 0 saturated carbocycles. The van der Waals surface area contributed by atoms with Crippen LogP contribution in [0.2, 0.25) is 0 Å². The Balaban J connectivity index is 0.00000280. The maximum absolute atomic E-state index is 10.2. The van der Waals surface area contributed by atoms with Gasteiger partial charge >= 0.3 is 0 Å². The van der Waals surface area contributed by atoms with E-state index in [2.05, 4.69) is 5.32 Å². The SMILES string of the molecule is COc1cc(CNCC(O)c2ccccc2)ccc1OCc1ccccc1.Cl. The fourth-order valence-electron chi connectivity index (χ4n) is 2.82. The van der Waals surface area contributed by atoms with Crippen LogP contribution in [0.25, 0.3) is 0 Å². The van der Waals surface area contributed by atoms with E-state index in [1.54, 1.807) is 7.11 Å². The molecule has 0 radical (unpaired) electrons. The first-order valence-electron chi connectivity index (χ1n) is 9.03. The van der Waals surface area contributed by atoms with E-state index in [1.807, 2.05) is 78.9 Å². The molecule has 0 aliphatic heterocycles. The second-order valence-corrected chi connectivity index (χ2v) is 6.32. The fourth-order valence-corrected chi connectivity index (χ4v) is 2.82. The zero-order chi connectivity index (χ0) is 18.9. The third-order valence-corrected chi connectivity index (χ3v) is 4.32. The average molecular weight is 400 g/mol. The van der Waals surface area contributed by atoms with Crippen molar-refractivity contribution in [1.29, 1.82) is 0 Å². The van der Waals surface area contributed by atoms with Gasteiger partial charge in [-0.15, -0.1) is 12.4 Å². The van der Waals surface area contributed by atoms with Gasteiger partial charge < -0.3 is 19.9 Å². The van der Waals surface area contributed by atoms with Crippen molar-refractivity contribution in [2.75, 3.05) is 13.7 Å². The van der Waals surface area contributed by atoms with Gasteiger partial charge in [-0.25, -0.2) is 0 Å². The lowest BCUT2D eigenvalue weighted by Gasteiger charge is -2.14. The summed E-state index contributed by atoms with van der Waals surface area (Å²) in [4.78, 5) is 0. The van der Waals surface area contributed by atoms with Crippen LogP contribution in [0.5, 0.6) is 11.5 Å². The van der Waals surface area contributed by atoms with Gasteiger partial charge in [0.15, 0.2) is 11.5 Å². The van der Waals surface area contributed by atoms with Crippen LogP contribution >= 0.6 is 12.4 Å². The number of methoxy groups -OCH3 is 1. The number of ether oxygens (including phenoxy) is 2. The van der Waals surface area contributed by atoms with Crippen molar-refractivity contribution in [2.24, 2.45) is 0 Å². The number of aliphatic hydroxyl groups is 1. The quantitative estimate of drug-likeness (QED) is 0.555. The van der Waals surface area contributed by atoms with Crippen molar-refractivity contribution >= 4 is 12.4 Å². The zero-order valence-electron chi connectivity index (χ0n) is 15.9. The van der Waals surface area contributed by atoms with Crippen molar-refractivity contribution in [3.63, 3.8) is 0 Å². The number of hydrogen-bond donors (Lipinski definition) is 2. The van der Waals surface area contributed by atoms with Crippen LogP contribution in [-0.2, 0) is 13.2 Å². The number of hydrogen-bond acceptors (Lipinski definition) is 4. The highest BCUT2D eigenvalue weighted by Gasteiger charge is 2.08. The summed E-state index contributed by atoms with van der Waals surface area (Å²) in [5.41, 5.74) is 3.09. The van der Waals surface area contributed by atoms with Crippen molar-refractivity contribution < 1.29 is 14.6 Å². The smallest absolute Gasteiger partial charge is 0.161 e. The molecule has 3 rings (SSSR count). The van der Waals surface area contributed by atoms with Crippen LogP contribution in [-0.4, -0.2) is 18.8 Å². The van der Waals surface area contributed by atoms with Gasteiger partial charge in [-0.2, -0.15) is 0 Å². The van der Waals surface area contributed by atoms with E-state index >= 15 is 0 Å². The number of aliphatic hydroxyl groups excluding tert-OH is 1. The van der Waals surface area contributed by atoms with Gasteiger partial charge in [-0.3, -0.25) is 0 Å². The Hall–Kier alpha value is -2.53. The Kier molecular flexibility index (Phi) is 8.82. The molecule has 5 heteroatoms. The van der Waals surface area contributed by atoms with Crippen LogP contribution < -0.4 is 14.8 Å². The molecule has 2 N–H and O–H groups in total. The van der Waals surface area contributed by atoms with E-state index in [0.29, 0.717) is 25.4 Å². The topological polar surface area (TPSA) is 50.7 Å². The van der Waals surface area contributed by atoms with Gasteiger partial charge in [-0.1, -0.05) is 66.7 Å². The maximum atomic E-state index is 10.2. The lowest BCUT2D eigenvalue weighted by molar-refractivity contribution is 0.174. The number of halogens is 1. The van der Waals surface area contributed by atoms with Crippen LogP contribution in [0.3, 0.4) is 0 Å². The molecule has 0 amide bonds. The van der Waals surface area contributed by atoms with Gasteiger partial charge in [-0.05, 0) is 28.8 Å². The predicted molar refractivity (Wildman–Crippen MR) is 114 cm³/mol. The van der Waals surface area contributed by atoms with E-state index < -0.39 is 6.10 Å². The standard InChI is InChI=1S/C23H25NO3.ClH/c1-26-23-14-19(15-24-16-21(25)20-10-6-3-7-11-20)12-13-22(23)27-17-18-8-4-2-5-9-18;/h2-14,21,24-25H,15-17H2,1H3;1H. The summed E-state index contributed by atoms with van der Waals surface area (Å²) < 4.78 is 11.4. The molecule has 4 nitrogen and oxygen atoms in total. The highest BCUT2D eigenvalue weighted by atomic mass is 35.5. The van der Waals surface area contributed by atoms with Crippen molar-refractivity contribution in [2.45, 2.75) is 19.3 Å². The molecule has 0 aromatic heterocycles. The molecule has 0 spiro atoms. The van der Waals surface area contributed by atoms with E-state index in [1.165, 1.54) is 0 Å². The molecule has 0 bridgehead atoms. The first-order valence-corrected chi connectivity index (χ1v) is 9.03. The van der Waals surface area contributed by atoms with E-state index in [4.69, 9.17) is 9.47 Å². The lowest BCUT2D eigenvalue weighted by Crippen LogP contribution is -2.21. The molecule has 3 aromatic rings. The second kappa shape index (κ2) is 11.3. The molecular formula is C23H26ClNO3. The van der Waals surface area contributed by atoms with Crippen LogP contribution in [0.4, 0.5) is 0 Å². The Morgan fingerprint density at radius 2 is 1.54 bits per heavy atom. The number of nitrogens with one attached hydrogen (secondary N) is 1. The minimum Gasteiger partial charge on any atom is -0.493 e. The molecule has 0 saturated heterocycles. The summed E-state index contributed by atoms with van der Waals surface area (Å²) >= 11 is 0. The molecule has 1 unspecified atom stereocenters. The van der Waals surface area contributed by atoms with Crippen LogP contribution in [0.1, 0.15) is 22.8 Å². The zero-order valence-corrected chi connectivity index (χ0v) is 16.7. The molecule has 0 heterocycles. The lowest BCUT2D eigenvalue weighted by atomic mass is 10.1. The second-order valence-electron chi connectivity index (χ2n) is 6.32. The maximum Gasteiger partial charge on any atom is 0.161 e. The Morgan fingerprint density at radius 1 is 0.857 bits per heavy atom. The van der Waals surface area contributed by atoms with E-state index in [9.17, 15) is 5.11 Å². The summed E-state index contributed by atoms with van der Waals surface area (Å²) in [6, 6.07) is 25.6. The van der Waals surface area contributed by atoms with Crippen molar-refractivity contribution in [3.8, 4) is 11.5 Å². The van der Waals surface area contributed by atoms with Gasteiger partial charge in [0.25, 0.3) is 0 Å². The van der Waals surface area contributed by atoms with Gasteiger partial charge in [0.2, 0.25) is 0 Å². The number of rotatable bonds is 9. The van der Waals surface area contributed by atoms with Crippen LogP contribution in [0, 0.1) is 0 Å². The van der Waals surface area contributed by atoms with Crippen LogP contribution in [0.15, 0.2) is 78.9 Å². The minimum atomic E-state index is -0.526. The third kappa shape index (κ3) is 6.27. The molecular weight excluding hydrogens is 374 g/mol. The molecule has 0 aliphatic carbocycles. The van der Waals surface area contributed by atoms with Crippen molar-refractivity contribution in [1.82, 2.24) is 5.32 Å². The Morgan fingerprint density at radius 3 is 2.21 bits per heavy atom. The van der Waals surface area contributed by atoms with E-state index in [-0.39, 0.29) is 12.4 Å². The first-order chi connectivity index (χ1) is 13.3.